The van der Waals surface area contributed by atoms with Crippen LogP contribution in [0, 0.1) is 6.92 Å². The number of phenols is 1. The first kappa shape index (κ1) is 14.9. The first-order chi connectivity index (χ1) is 10.1. The fraction of sp³-hybridized carbons (Fsp3) is 0.235. The zero-order chi connectivity index (χ0) is 15.2. The molecule has 0 aliphatic heterocycles. The van der Waals surface area contributed by atoms with Crippen molar-refractivity contribution in [3.05, 3.63) is 59.2 Å². The Labute approximate surface area is 124 Å². The molecule has 2 aromatic carbocycles. The molecule has 0 saturated carbocycles. The maximum absolute atomic E-state index is 11.9. The minimum Gasteiger partial charge on any atom is -0.508 e. The number of aryl methyl sites for hydroxylation is 1. The van der Waals surface area contributed by atoms with Gasteiger partial charge in [0, 0.05) is 12.2 Å². The molecule has 0 aliphatic rings. The van der Waals surface area contributed by atoms with Crippen LogP contribution in [0.2, 0.25) is 0 Å². The lowest BCUT2D eigenvalue weighted by atomic mass is 10.1. The number of rotatable bonds is 5. The largest absolute Gasteiger partial charge is 0.508 e. The van der Waals surface area contributed by atoms with Gasteiger partial charge in [-0.05, 0) is 49.2 Å². The summed E-state index contributed by atoms with van der Waals surface area (Å²) >= 11 is 0. The average Bonchev–Trinajstić information content (AvgIpc) is 2.47. The molecule has 2 aromatic rings. The van der Waals surface area contributed by atoms with E-state index in [1.165, 1.54) is 0 Å². The number of benzene rings is 2. The third kappa shape index (κ3) is 3.75. The van der Waals surface area contributed by atoms with Crippen LogP contribution < -0.4 is 5.32 Å². The fourth-order valence-corrected chi connectivity index (χ4v) is 2.09. The Bertz CT molecular complexity index is 638. The smallest absolute Gasteiger partial charge is 0.340 e. The van der Waals surface area contributed by atoms with E-state index in [0.29, 0.717) is 18.7 Å². The van der Waals surface area contributed by atoms with Crippen LogP contribution in [0.5, 0.6) is 5.75 Å². The molecule has 0 radical (unpaired) electrons. The summed E-state index contributed by atoms with van der Waals surface area (Å²) in [6.07, 6.45) is 0. The monoisotopic (exact) mass is 285 g/mol. The Morgan fingerprint density at radius 3 is 2.71 bits per heavy atom. The molecule has 0 amide bonds. The van der Waals surface area contributed by atoms with Gasteiger partial charge in [-0.15, -0.1) is 0 Å². The summed E-state index contributed by atoms with van der Waals surface area (Å²) < 4.78 is 5.05. The highest BCUT2D eigenvalue weighted by Gasteiger charge is 2.11. The van der Waals surface area contributed by atoms with Crippen molar-refractivity contribution in [2.75, 3.05) is 11.9 Å². The second-order valence-corrected chi connectivity index (χ2v) is 4.73. The molecule has 0 bridgehead atoms. The summed E-state index contributed by atoms with van der Waals surface area (Å²) in [5.74, 6) is -0.0776. The van der Waals surface area contributed by atoms with Crippen LogP contribution in [-0.2, 0) is 11.3 Å². The molecule has 2 rings (SSSR count). The highest BCUT2D eigenvalue weighted by Crippen LogP contribution is 2.20. The number of carbonyl (C=O) groups excluding carboxylic acids is 1. The zero-order valence-electron chi connectivity index (χ0n) is 12.2. The predicted molar refractivity (Wildman–Crippen MR) is 82.6 cm³/mol. The number of esters is 1. The molecule has 110 valence electrons. The number of hydrogen-bond acceptors (Lipinski definition) is 4. The lowest BCUT2D eigenvalue weighted by molar-refractivity contribution is 0.0527. The van der Waals surface area contributed by atoms with Gasteiger partial charge in [-0.2, -0.15) is 0 Å². The topological polar surface area (TPSA) is 58.6 Å². The zero-order valence-corrected chi connectivity index (χ0v) is 12.2. The molecule has 0 unspecified atom stereocenters. The number of hydrogen-bond donors (Lipinski definition) is 2. The van der Waals surface area contributed by atoms with Gasteiger partial charge < -0.3 is 15.2 Å². The quantitative estimate of drug-likeness (QED) is 0.826. The average molecular weight is 285 g/mol. The maximum atomic E-state index is 11.9. The molecule has 21 heavy (non-hydrogen) atoms. The van der Waals surface area contributed by atoms with E-state index in [9.17, 15) is 9.90 Å². The number of phenolic OH excluding ortho intramolecular Hbond substituents is 1. The third-order valence-electron chi connectivity index (χ3n) is 3.22. The molecule has 0 heterocycles. The Hall–Kier alpha value is -2.49. The molecular formula is C17H19NO3. The summed E-state index contributed by atoms with van der Waals surface area (Å²) in [5.41, 5.74) is 3.32. The van der Waals surface area contributed by atoms with Crippen molar-refractivity contribution < 1.29 is 14.6 Å². The molecule has 0 saturated heterocycles. The second-order valence-electron chi connectivity index (χ2n) is 4.73. The first-order valence-corrected chi connectivity index (χ1v) is 6.90. The van der Waals surface area contributed by atoms with Gasteiger partial charge in [-0.25, -0.2) is 4.79 Å². The van der Waals surface area contributed by atoms with E-state index in [-0.39, 0.29) is 11.7 Å². The van der Waals surface area contributed by atoms with Gasteiger partial charge in [0.1, 0.15) is 5.75 Å². The van der Waals surface area contributed by atoms with Gasteiger partial charge in [0.25, 0.3) is 0 Å². The minimum absolute atomic E-state index is 0.253. The Kier molecular flexibility index (Phi) is 4.82. The molecule has 4 nitrogen and oxygen atoms in total. The van der Waals surface area contributed by atoms with Crippen LogP contribution in [0.4, 0.5) is 5.69 Å². The van der Waals surface area contributed by atoms with Crippen molar-refractivity contribution in [1.82, 2.24) is 0 Å². The van der Waals surface area contributed by atoms with Gasteiger partial charge in [0.15, 0.2) is 0 Å². The summed E-state index contributed by atoms with van der Waals surface area (Å²) in [4.78, 5) is 11.9. The van der Waals surface area contributed by atoms with E-state index in [1.807, 2.05) is 31.2 Å². The second kappa shape index (κ2) is 6.79. The standard InChI is InChI=1S/C17H19NO3/c1-3-21-17(20)15-6-4-5-7-16(15)18-11-13-8-9-14(19)10-12(13)2/h4-10,18-19H,3,11H2,1-2H3. The summed E-state index contributed by atoms with van der Waals surface area (Å²) in [6, 6.07) is 12.5. The Balaban J connectivity index is 2.14. The Morgan fingerprint density at radius 2 is 2.00 bits per heavy atom. The minimum atomic E-state index is -0.331. The van der Waals surface area contributed by atoms with Gasteiger partial charge in [-0.3, -0.25) is 0 Å². The van der Waals surface area contributed by atoms with Crippen molar-refractivity contribution in [3.8, 4) is 5.75 Å². The number of nitrogens with one attached hydrogen (secondary N) is 1. The SMILES string of the molecule is CCOC(=O)c1ccccc1NCc1ccc(O)cc1C. The van der Waals surface area contributed by atoms with E-state index in [1.54, 1.807) is 25.1 Å². The van der Waals surface area contributed by atoms with Crippen LogP contribution in [0.1, 0.15) is 28.4 Å². The van der Waals surface area contributed by atoms with E-state index in [2.05, 4.69) is 5.32 Å². The lowest BCUT2D eigenvalue weighted by Crippen LogP contribution is -2.10. The number of para-hydroxylation sites is 1. The van der Waals surface area contributed by atoms with Crippen LogP contribution in [0.25, 0.3) is 0 Å². The molecule has 0 atom stereocenters. The summed E-state index contributed by atoms with van der Waals surface area (Å²) in [5, 5.41) is 12.7. The van der Waals surface area contributed by atoms with Crippen molar-refractivity contribution >= 4 is 11.7 Å². The lowest BCUT2D eigenvalue weighted by Gasteiger charge is -2.12. The predicted octanol–water partition coefficient (Wildman–Crippen LogP) is 3.49. The van der Waals surface area contributed by atoms with E-state index < -0.39 is 0 Å². The van der Waals surface area contributed by atoms with Crippen LogP contribution in [0.15, 0.2) is 42.5 Å². The van der Waals surface area contributed by atoms with E-state index in [0.717, 1.165) is 16.8 Å². The normalized spacial score (nSPS) is 10.2. The molecule has 0 fully saturated rings. The number of anilines is 1. The van der Waals surface area contributed by atoms with E-state index in [4.69, 9.17) is 4.74 Å². The van der Waals surface area contributed by atoms with Gasteiger partial charge in [0.2, 0.25) is 0 Å². The van der Waals surface area contributed by atoms with E-state index >= 15 is 0 Å². The number of aromatic hydroxyl groups is 1. The van der Waals surface area contributed by atoms with Crippen molar-refractivity contribution in [1.29, 1.82) is 0 Å². The van der Waals surface area contributed by atoms with Crippen LogP contribution in [0.3, 0.4) is 0 Å². The highest BCUT2D eigenvalue weighted by atomic mass is 16.5. The Morgan fingerprint density at radius 1 is 1.24 bits per heavy atom. The molecule has 0 aromatic heterocycles. The van der Waals surface area contributed by atoms with Crippen molar-refractivity contribution in [2.24, 2.45) is 0 Å². The summed E-state index contributed by atoms with van der Waals surface area (Å²) in [6.45, 7) is 4.65. The van der Waals surface area contributed by atoms with Gasteiger partial charge in [-0.1, -0.05) is 18.2 Å². The fourth-order valence-electron chi connectivity index (χ4n) is 2.09. The first-order valence-electron chi connectivity index (χ1n) is 6.90. The molecule has 0 spiro atoms. The van der Waals surface area contributed by atoms with Crippen LogP contribution >= 0.6 is 0 Å². The van der Waals surface area contributed by atoms with Crippen molar-refractivity contribution in [2.45, 2.75) is 20.4 Å². The summed E-state index contributed by atoms with van der Waals surface area (Å²) in [7, 11) is 0. The molecule has 2 N–H and O–H groups in total. The van der Waals surface area contributed by atoms with Crippen molar-refractivity contribution in [3.63, 3.8) is 0 Å². The van der Waals surface area contributed by atoms with Crippen LogP contribution in [-0.4, -0.2) is 17.7 Å². The molecule has 0 aliphatic carbocycles. The van der Waals surface area contributed by atoms with Gasteiger partial charge in [0.05, 0.1) is 12.2 Å². The molecule has 4 heteroatoms. The highest BCUT2D eigenvalue weighted by molar-refractivity contribution is 5.95. The number of carbonyl (C=O) groups is 1. The maximum Gasteiger partial charge on any atom is 0.340 e. The molecular weight excluding hydrogens is 266 g/mol. The number of ether oxygens (including phenoxy) is 1. The van der Waals surface area contributed by atoms with Gasteiger partial charge >= 0.3 is 5.97 Å². The third-order valence-corrected chi connectivity index (χ3v) is 3.22.